The molecule has 3 aromatic heterocycles. The lowest BCUT2D eigenvalue weighted by Gasteiger charge is -2.27. The predicted octanol–water partition coefficient (Wildman–Crippen LogP) is 9.09. The van der Waals surface area contributed by atoms with E-state index in [2.05, 4.69) is 72.2 Å². The quantitative estimate of drug-likeness (QED) is 0.146. The number of pyridine rings is 3. The van der Waals surface area contributed by atoms with Crippen LogP contribution < -0.4 is 20.5 Å². The van der Waals surface area contributed by atoms with Crippen LogP contribution in [-0.4, -0.2) is 27.6 Å². The summed E-state index contributed by atoms with van der Waals surface area (Å²) in [5.41, 5.74) is 7.06. The first-order chi connectivity index (χ1) is 23.8. The van der Waals surface area contributed by atoms with Crippen molar-refractivity contribution < 1.29 is 9.53 Å². The Kier molecular flexibility index (Phi) is 10.1. The molecule has 8 nitrogen and oxygen atoms in total. The Morgan fingerprint density at radius 2 is 1.53 bits per heavy atom. The maximum atomic E-state index is 14.4. The number of fused-ring (bicyclic) bond motifs is 1. The van der Waals surface area contributed by atoms with Gasteiger partial charge in [0.2, 0.25) is 0 Å². The highest BCUT2D eigenvalue weighted by Crippen LogP contribution is 2.38. The van der Waals surface area contributed by atoms with E-state index in [0.29, 0.717) is 12.3 Å². The molecule has 8 heteroatoms. The molecule has 0 aliphatic rings. The highest BCUT2D eigenvalue weighted by atomic mass is 16.5. The minimum atomic E-state index is -0.391. The Bertz CT molecular complexity index is 2080. The van der Waals surface area contributed by atoms with Crippen molar-refractivity contribution in [1.29, 1.82) is 0 Å². The standard InChI is InChI=1S/C41H41N5O3/c1-27(2)35-23-32(30-14-10-17-34(22-30)49-21-18-33-16-8-9-19-42-33)24-36(28(3)4)38(35)44-41(48)46(26-29-12-6-5-7-13-29)37-25-31-15-11-20-43-39(31)45-40(37)47/h5-17,19-20,22-25,27-28H,18,21,26H2,1-4H3,(H,44,48)(H,43,45,47). The van der Waals surface area contributed by atoms with Crippen molar-refractivity contribution in [3.63, 3.8) is 0 Å². The summed E-state index contributed by atoms with van der Waals surface area (Å²) >= 11 is 0. The van der Waals surface area contributed by atoms with Gasteiger partial charge in [-0.25, -0.2) is 9.78 Å². The summed E-state index contributed by atoms with van der Waals surface area (Å²) in [6.07, 6.45) is 4.14. The number of hydrogen-bond donors (Lipinski definition) is 2. The van der Waals surface area contributed by atoms with Gasteiger partial charge in [-0.3, -0.25) is 14.7 Å². The van der Waals surface area contributed by atoms with E-state index in [1.54, 1.807) is 24.5 Å². The summed E-state index contributed by atoms with van der Waals surface area (Å²) in [5.74, 6) is 0.988. The molecule has 2 N–H and O–H groups in total. The molecule has 3 aromatic carbocycles. The number of amides is 2. The maximum absolute atomic E-state index is 14.4. The number of ether oxygens (including phenoxy) is 1. The van der Waals surface area contributed by atoms with Gasteiger partial charge in [-0.15, -0.1) is 0 Å². The molecule has 0 aliphatic carbocycles. The second-order valence-electron chi connectivity index (χ2n) is 12.7. The van der Waals surface area contributed by atoms with Gasteiger partial charge >= 0.3 is 6.03 Å². The summed E-state index contributed by atoms with van der Waals surface area (Å²) in [6.45, 7) is 9.23. The van der Waals surface area contributed by atoms with Crippen LogP contribution >= 0.6 is 0 Å². The van der Waals surface area contributed by atoms with Crippen molar-refractivity contribution in [1.82, 2.24) is 15.0 Å². The molecule has 0 spiro atoms. The van der Waals surface area contributed by atoms with Crippen LogP contribution in [0.5, 0.6) is 5.75 Å². The molecule has 2 amide bonds. The SMILES string of the molecule is CC(C)c1cc(-c2cccc(OCCc3ccccn3)c2)cc(C(C)C)c1NC(=O)N(Cc1ccccc1)c1cc2cccnc2[nH]c1=O. The number of aromatic nitrogens is 3. The van der Waals surface area contributed by atoms with E-state index < -0.39 is 6.03 Å². The first-order valence-electron chi connectivity index (χ1n) is 16.7. The molecule has 6 aromatic rings. The number of nitrogens with one attached hydrogen (secondary N) is 2. The number of anilines is 2. The van der Waals surface area contributed by atoms with Crippen LogP contribution in [0.15, 0.2) is 120 Å². The third-order valence-corrected chi connectivity index (χ3v) is 8.51. The Morgan fingerprint density at radius 3 is 2.24 bits per heavy atom. The summed E-state index contributed by atoms with van der Waals surface area (Å²) in [4.78, 5) is 40.8. The number of H-pyrrole nitrogens is 1. The Labute approximate surface area is 286 Å². The Morgan fingerprint density at radius 1 is 0.796 bits per heavy atom. The van der Waals surface area contributed by atoms with Crippen LogP contribution in [0.3, 0.4) is 0 Å². The average Bonchev–Trinajstić information content (AvgIpc) is 3.11. The van der Waals surface area contributed by atoms with Gasteiger partial charge in [0.05, 0.1) is 13.2 Å². The number of carbonyl (C=O) groups is 1. The molecule has 0 fully saturated rings. The zero-order valence-corrected chi connectivity index (χ0v) is 28.3. The van der Waals surface area contributed by atoms with E-state index in [1.807, 2.05) is 66.7 Å². The number of aromatic amines is 1. The van der Waals surface area contributed by atoms with Crippen molar-refractivity contribution in [3.8, 4) is 16.9 Å². The summed E-state index contributed by atoms with van der Waals surface area (Å²) in [7, 11) is 0. The molecular weight excluding hydrogens is 610 g/mol. The molecular formula is C41H41N5O3. The van der Waals surface area contributed by atoms with Gasteiger partial charge in [0.15, 0.2) is 0 Å². The van der Waals surface area contributed by atoms with E-state index in [1.165, 1.54) is 4.90 Å². The minimum Gasteiger partial charge on any atom is -0.493 e. The fourth-order valence-corrected chi connectivity index (χ4v) is 5.92. The smallest absolute Gasteiger partial charge is 0.326 e. The fourth-order valence-electron chi connectivity index (χ4n) is 5.92. The number of urea groups is 1. The van der Waals surface area contributed by atoms with E-state index in [-0.39, 0.29) is 29.6 Å². The first kappa shape index (κ1) is 33.2. The lowest BCUT2D eigenvalue weighted by Crippen LogP contribution is -2.38. The van der Waals surface area contributed by atoms with E-state index in [4.69, 9.17) is 4.74 Å². The number of rotatable bonds is 11. The van der Waals surface area contributed by atoms with Gasteiger partial charge in [-0.2, -0.15) is 0 Å². The molecule has 0 aliphatic heterocycles. The van der Waals surface area contributed by atoms with Crippen LogP contribution in [0, 0.1) is 0 Å². The zero-order valence-electron chi connectivity index (χ0n) is 28.3. The predicted molar refractivity (Wildman–Crippen MR) is 197 cm³/mol. The van der Waals surface area contributed by atoms with Crippen molar-refractivity contribution >= 4 is 28.4 Å². The Balaban J connectivity index is 1.34. The number of benzene rings is 3. The van der Waals surface area contributed by atoms with Crippen LogP contribution in [0.2, 0.25) is 0 Å². The largest absolute Gasteiger partial charge is 0.493 e. The van der Waals surface area contributed by atoms with Crippen molar-refractivity contribution in [2.45, 2.75) is 52.5 Å². The maximum Gasteiger partial charge on any atom is 0.326 e. The molecule has 0 atom stereocenters. The minimum absolute atomic E-state index is 0.100. The summed E-state index contributed by atoms with van der Waals surface area (Å²) < 4.78 is 6.12. The second-order valence-corrected chi connectivity index (χ2v) is 12.7. The highest BCUT2D eigenvalue weighted by Gasteiger charge is 2.24. The molecule has 0 unspecified atom stereocenters. The number of carbonyl (C=O) groups excluding carboxylic acids is 1. The lowest BCUT2D eigenvalue weighted by atomic mass is 9.88. The summed E-state index contributed by atoms with van der Waals surface area (Å²) in [5, 5.41) is 3.99. The monoisotopic (exact) mass is 651 g/mol. The zero-order chi connectivity index (χ0) is 34.3. The van der Waals surface area contributed by atoms with Crippen molar-refractivity contribution in [2.24, 2.45) is 0 Å². The molecule has 49 heavy (non-hydrogen) atoms. The molecule has 0 saturated heterocycles. The third-order valence-electron chi connectivity index (χ3n) is 8.51. The summed E-state index contributed by atoms with van der Waals surface area (Å²) in [6, 6.07) is 33.0. The molecule has 0 bridgehead atoms. The van der Waals surface area contributed by atoms with Crippen LogP contribution in [0.4, 0.5) is 16.2 Å². The van der Waals surface area contributed by atoms with Crippen LogP contribution in [0.25, 0.3) is 22.2 Å². The van der Waals surface area contributed by atoms with E-state index >= 15 is 0 Å². The third kappa shape index (κ3) is 7.87. The van der Waals surface area contributed by atoms with Gasteiger partial charge in [0.25, 0.3) is 5.56 Å². The topological polar surface area (TPSA) is 100 Å². The Hall–Kier alpha value is -5.76. The number of nitrogens with zero attached hydrogens (tertiary/aromatic N) is 3. The van der Waals surface area contributed by atoms with Crippen LogP contribution in [-0.2, 0) is 13.0 Å². The molecule has 0 radical (unpaired) electrons. The first-order valence-corrected chi connectivity index (χ1v) is 16.7. The van der Waals surface area contributed by atoms with Crippen molar-refractivity contribution in [3.05, 3.63) is 148 Å². The highest BCUT2D eigenvalue weighted by molar-refractivity contribution is 6.03. The molecule has 0 saturated carbocycles. The van der Waals surface area contributed by atoms with Gasteiger partial charge in [0, 0.05) is 35.6 Å². The average molecular weight is 652 g/mol. The van der Waals surface area contributed by atoms with Gasteiger partial charge in [-0.1, -0.05) is 76.2 Å². The second kappa shape index (κ2) is 15.0. The van der Waals surface area contributed by atoms with Gasteiger partial charge in [0.1, 0.15) is 17.1 Å². The molecule has 3 heterocycles. The van der Waals surface area contributed by atoms with Crippen molar-refractivity contribution in [2.75, 3.05) is 16.8 Å². The van der Waals surface area contributed by atoms with Crippen LogP contribution in [0.1, 0.15) is 61.9 Å². The normalized spacial score (nSPS) is 11.2. The van der Waals surface area contributed by atoms with Gasteiger partial charge in [-0.05, 0) is 94.3 Å². The fraction of sp³-hybridized carbons (Fsp3) is 0.220. The molecule has 6 rings (SSSR count). The van der Waals surface area contributed by atoms with E-state index in [9.17, 15) is 9.59 Å². The number of hydrogen-bond acceptors (Lipinski definition) is 5. The molecule has 248 valence electrons. The lowest BCUT2D eigenvalue weighted by molar-refractivity contribution is 0.256. The van der Waals surface area contributed by atoms with Gasteiger partial charge < -0.3 is 15.0 Å². The van der Waals surface area contributed by atoms with E-state index in [0.717, 1.165) is 56.8 Å².